The van der Waals surface area contributed by atoms with Gasteiger partial charge in [0.2, 0.25) is 0 Å². The summed E-state index contributed by atoms with van der Waals surface area (Å²) in [6.45, 7) is 8.35. The molecule has 2 aromatic rings. The van der Waals surface area contributed by atoms with Gasteiger partial charge in [0, 0.05) is 11.8 Å². The zero-order valence-electron chi connectivity index (χ0n) is 11.6. The van der Waals surface area contributed by atoms with Gasteiger partial charge in [0.05, 0.1) is 0 Å². The number of carboxylic acids is 1. The van der Waals surface area contributed by atoms with Crippen molar-refractivity contribution < 1.29 is 9.90 Å². The number of carboxylic acid groups (broad SMARTS) is 1. The van der Waals surface area contributed by atoms with Gasteiger partial charge in [-0.05, 0) is 61.6 Å². The Labute approximate surface area is 112 Å². The molecule has 0 saturated heterocycles. The maximum absolute atomic E-state index is 10.8. The lowest BCUT2D eigenvalue weighted by Crippen LogP contribution is -2.00. The van der Waals surface area contributed by atoms with Gasteiger partial charge in [0.25, 0.3) is 0 Å². The van der Waals surface area contributed by atoms with Crippen LogP contribution in [0, 0.1) is 27.7 Å². The van der Waals surface area contributed by atoms with E-state index in [2.05, 4.69) is 38.7 Å². The molecule has 2 rings (SSSR count). The summed E-state index contributed by atoms with van der Waals surface area (Å²) in [5.41, 5.74) is 7.10. The number of nitrogens with zero attached hydrogens (tertiary/aromatic N) is 1. The predicted molar refractivity (Wildman–Crippen MR) is 75.6 cm³/mol. The molecule has 0 aliphatic rings. The maximum Gasteiger partial charge on any atom is 0.354 e. The van der Waals surface area contributed by atoms with Crippen LogP contribution in [0.15, 0.2) is 24.4 Å². The van der Waals surface area contributed by atoms with Crippen molar-refractivity contribution in [1.82, 2.24) is 4.98 Å². The fraction of sp³-hybridized carbons (Fsp3) is 0.250. The van der Waals surface area contributed by atoms with E-state index in [4.69, 9.17) is 5.11 Å². The van der Waals surface area contributed by atoms with Crippen LogP contribution < -0.4 is 0 Å². The Kier molecular flexibility index (Phi) is 3.38. The number of pyridine rings is 1. The first-order valence-electron chi connectivity index (χ1n) is 6.19. The van der Waals surface area contributed by atoms with Crippen LogP contribution in [0.25, 0.3) is 11.1 Å². The van der Waals surface area contributed by atoms with Crippen molar-refractivity contribution in [1.29, 1.82) is 0 Å². The van der Waals surface area contributed by atoms with Crippen molar-refractivity contribution in [3.63, 3.8) is 0 Å². The van der Waals surface area contributed by atoms with E-state index >= 15 is 0 Å². The van der Waals surface area contributed by atoms with Gasteiger partial charge in [-0.3, -0.25) is 0 Å². The minimum absolute atomic E-state index is 0.0726. The number of hydrogen-bond donors (Lipinski definition) is 1. The molecule has 1 aromatic heterocycles. The smallest absolute Gasteiger partial charge is 0.354 e. The van der Waals surface area contributed by atoms with Crippen LogP contribution in [0.3, 0.4) is 0 Å². The highest BCUT2D eigenvalue weighted by atomic mass is 16.4. The Morgan fingerprint density at radius 2 is 1.63 bits per heavy atom. The molecule has 0 aliphatic carbocycles. The van der Waals surface area contributed by atoms with E-state index < -0.39 is 5.97 Å². The number of rotatable bonds is 2. The fourth-order valence-electron chi connectivity index (χ4n) is 2.32. The van der Waals surface area contributed by atoms with Gasteiger partial charge in [0.15, 0.2) is 0 Å². The van der Waals surface area contributed by atoms with E-state index in [0.717, 1.165) is 11.1 Å². The van der Waals surface area contributed by atoms with Gasteiger partial charge < -0.3 is 5.11 Å². The van der Waals surface area contributed by atoms with Crippen LogP contribution in [-0.4, -0.2) is 16.1 Å². The maximum atomic E-state index is 10.8. The summed E-state index contributed by atoms with van der Waals surface area (Å²) in [6, 6.07) is 5.55. The number of benzene rings is 1. The molecular weight excluding hydrogens is 238 g/mol. The first-order chi connectivity index (χ1) is 8.91. The summed E-state index contributed by atoms with van der Waals surface area (Å²) in [4.78, 5) is 14.8. The first kappa shape index (κ1) is 13.3. The Hall–Kier alpha value is -2.16. The highest BCUT2D eigenvalue weighted by molar-refractivity contribution is 5.86. The van der Waals surface area contributed by atoms with Gasteiger partial charge in [-0.1, -0.05) is 12.1 Å². The summed E-state index contributed by atoms with van der Waals surface area (Å²) >= 11 is 0. The normalized spacial score (nSPS) is 10.5. The molecule has 1 N–H and O–H groups in total. The van der Waals surface area contributed by atoms with Crippen molar-refractivity contribution >= 4 is 5.97 Å². The lowest BCUT2D eigenvalue weighted by atomic mass is 9.90. The molecule has 0 spiro atoms. The summed E-state index contributed by atoms with van der Waals surface area (Å²) in [7, 11) is 0. The predicted octanol–water partition coefficient (Wildman–Crippen LogP) is 3.68. The van der Waals surface area contributed by atoms with Crippen LogP contribution in [-0.2, 0) is 0 Å². The molecule has 3 nitrogen and oxygen atoms in total. The monoisotopic (exact) mass is 255 g/mol. The van der Waals surface area contributed by atoms with E-state index in [1.807, 2.05) is 6.07 Å². The van der Waals surface area contributed by atoms with Crippen molar-refractivity contribution in [3.8, 4) is 11.1 Å². The molecule has 0 saturated carbocycles. The molecule has 0 aliphatic heterocycles. The minimum Gasteiger partial charge on any atom is -0.477 e. The standard InChI is InChI=1S/C16H17NO2/c1-9-7-10(2)12(4)15(11(9)3)13-5-6-14(16(18)19)17-8-13/h5-8H,1-4H3,(H,18,19). The molecular formula is C16H17NO2. The molecule has 1 heterocycles. The zero-order chi connectivity index (χ0) is 14.2. The molecule has 0 unspecified atom stereocenters. The molecule has 19 heavy (non-hydrogen) atoms. The third-order valence-electron chi connectivity index (χ3n) is 3.64. The second kappa shape index (κ2) is 4.84. The lowest BCUT2D eigenvalue weighted by molar-refractivity contribution is 0.0690. The van der Waals surface area contributed by atoms with E-state index in [9.17, 15) is 4.79 Å². The zero-order valence-corrected chi connectivity index (χ0v) is 11.6. The van der Waals surface area contributed by atoms with E-state index in [1.54, 1.807) is 12.3 Å². The topological polar surface area (TPSA) is 50.2 Å². The van der Waals surface area contributed by atoms with Crippen molar-refractivity contribution in [2.45, 2.75) is 27.7 Å². The second-order valence-corrected chi connectivity index (χ2v) is 4.87. The third-order valence-corrected chi connectivity index (χ3v) is 3.64. The average Bonchev–Trinajstić information content (AvgIpc) is 2.37. The Bertz CT molecular complexity index is 617. The largest absolute Gasteiger partial charge is 0.477 e. The third kappa shape index (κ3) is 2.36. The van der Waals surface area contributed by atoms with Crippen LogP contribution >= 0.6 is 0 Å². The number of aryl methyl sites for hydroxylation is 2. The average molecular weight is 255 g/mol. The van der Waals surface area contributed by atoms with Crippen molar-refractivity contribution in [3.05, 3.63) is 52.3 Å². The van der Waals surface area contributed by atoms with E-state index in [-0.39, 0.29) is 5.69 Å². The SMILES string of the molecule is Cc1cc(C)c(C)c(-c2ccc(C(=O)O)nc2)c1C. The summed E-state index contributed by atoms with van der Waals surface area (Å²) in [6.07, 6.45) is 1.64. The van der Waals surface area contributed by atoms with Gasteiger partial charge in [-0.25, -0.2) is 9.78 Å². The number of carbonyl (C=O) groups is 1. The molecule has 0 fully saturated rings. The molecule has 3 heteroatoms. The van der Waals surface area contributed by atoms with Gasteiger partial charge in [-0.15, -0.1) is 0 Å². The highest BCUT2D eigenvalue weighted by Gasteiger charge is 2.12. The van der Waals surface area contributed by atoms with E-state index in [0.29, 0.717) is 0 Å². The van der Waals surface area contributed by atoms with Crippen LogP contribution in [0.5, 0.6) is 0 Å². The second-order valence-electron chi connectivity index (χ2n) is 4.87. The molecule has 0 bridgehead atoms. The first-order valence-corrected chi connectivity index (χ1v) is 6.19. The molecule has 98 valence electrons. The Morgan fingerprint density at radius 1 is 1.05 bits per heavy atom. The summed E-state index contributed by atoms with van der Waals surface area (Å²) in [5.74, 6) is -1.000. The van der Waals surface area contributed by atoms with Crippen LogP contribution in [0.4, 0.5) is 0 Å². The van der Waals surface area contributed by atoms with Gasteiger partial charge in [-0.2, -0.15) is 0 Å². The summed E-state index contributed by atoms with van der Waals surface area (Å²) < 4.78 is 0. The van der Waals surface area contributed by atoms with Crippen molar-refractivity contribution in [2.24, 2.45) is 0 Å². The van der Waals surface area contributed by atoms with Gasteiger partial charge >= 0.3 is 5.97 Å². The fourth-order valence-corrected chi connectivity index (χ4v) is 2.32. The van der Waals surface area contributed by atoms with Crippen molar-refractivity contribution in [2.75, 3.05) is 0 Å². The highest BCUT2D eigenvalue weighted by Crippen LogP contribution is 2.31. The molecule has 0 atom stereocenters. The summed E-state index contributed by atoms with van der Waals surface area (Å²) in [5, 5.41) is 8.88. The van der Waals surface area contributed by atoms with E-state index in [1.165, 1.54) is 22.3 Å². The van der Waals surface area contributed by atoms with Crippen LogP contribution in [0.2, 0.25) is 0 Å². The lowest BCUT2D eigenvalue weighted by Gasteiger charge is -2.15. The molecule has 1 aromatic carbocycles. The number of hydrogen-bond acceptors (Lipinski definition) is 2. The molecule has 0 radical (unpaired) electrons. The van der Waals surface area contributed by atoms with Crippen LogP contribution in [0.1, 0.15) is 32.7 Å². The number of aromatic carboxylic acids is 1. The quantitative estimate of drug-likeness (QED) is 0.890. The van der Waals surface area contributed by atoms with Gasteiger partial charge in [0.1, 0.15) is 5.69 Å². The number of aromatic nitrogens is 1. The Balaban J connectivity index is 2.62. The minimum atomic E-state index is -1.000. The Morgan fingerprint density at radius 3 is 2.05 bits per heavy atom. The molecule has 0 amide bonds.